The molecule has 1 aromatic carbocycles. The van der Waals surface area contributed by atoms with Gasteiger partial charge in [-0.15, -0.1) is 6.58 Å². The van der Waals surface area contributed by atoms with Gasteiger partial charge in [0.15, 0.2) is 0 Å². The number of rotatable bonds is 3. The zero-order valence-electron chi connectivity index (χ0n) is 10.1. The molecule has 3 heteroatoms. The molecule has 88 valence electrons. The van der Waals surface area contributed by atoms with E-state index in [1.54, 1.807) is 24.8 Å². The number of aromatic nitrogens is 1. The minimum Gasteiger partial charge on any atom is -0.496 e. The molecule has 17 heavy (non-hydrogen) atoms. The van der Waals surface area contributed by atoms with E-state index in [1.165, 1.54) is 0 Å². The number of hydrogen-bond acceptors (Lipinski definition) is 2. The van der Waals surface area contributed by atoms with Crippen LogP contribution in [0.15, 0.2) is 41.7 Å². The summed E-state index contributed by atoms with van der Waals surface area (Å²) in [5.41, 5.74) is 1.90. The summed E-state index contributed by atoms with van der Waals surface area (Å²) in [7, 11) is 3.41. The molecule has 1 heterocycles. The first-order valence-electron chi connectivity index (χ1n) is 5.45. The highest BCUT2D eigenvalue weighted by molar-refractivity contribution is 5.84. The van der Waals surface area contributed by atoms with Crippen molar-refractivity contribution in [1.29, 1.82) is 0 Å². The number of pyridine rings is 1. The van der Waals surface area contributed by atoms with Crippen LogP contribution >= 0.6 is 0 Å². The third kappa shape index (κ3) is 1.84. The molecule has 2 rings (SSSR count). The minimum absolute atomic E-state index is 0.0175. The van der Waals surface area contributed by atoms with Gasteiger partial charge in [-0.05, 0) is 30.0 Å². The Bertz CT molecular complexity index is 626. The van der Waals surface area contributed by atoms with Crippen LogP contribution in [0.2, 0.25) is 0 Å². The van der Waals surface area contributed by atoms with Crippen LogP contribution in [-0.2, 0) is 13.5 Å². The predicted octanol–water partition coefficient (Wildman–Crippen LogP) is 2.28. The van der Waals surface area contributed by atoms with Gasteiger partial charge in [-0.1, -0.05) is 6.08 Å². The Balaban J connectivity index is 2.91. The van der Waals surface area contributed by atoms with Gasteiger partial charge in [0.25, 0.3) is 5.56 Å². The second-order valence-electron chi connectivity index (χ2n) is 3.91. The topological polar surface area (TPSA) is 31.2 Å². The Morgan fingerprint density at radius 3 is 2.71 bits per heavy atom. The maximum atomic E-state index is 11.7. The molecule has 0 aliphatic heterocycles. The van der Waals surface area contributed by atoms with Crippen LogP contribution in [0, 0.1) is 0 Å². The van der Waals surface area contributed by atoms with E-state index in [0.717, 1.165) is 22.2 Å². The fourth-order valence-electron chi connectivity index (χ4n) is 2.08. The predicted molar refractivity (Wildman–Crippen MR) is 69.6 cm³/mol. The van der Waals surface area contributed by atoms with Crippen LogP contribution in [0.25, 0.3) is 10.9 Å². The van der Waals surface area contributed by atoms with Crippen molar-refractivity contribution < 1.29 is 4.74 Å². The van der Waals surface area contributed by atoms with Crippen molar-refractivity contribution >= 4 is 10.9 Å². The third-order valence-corrected chi connectivity index (χ3v) is 2.91. The zero-order chi connectivity index (χ0) is 12.4. The molecule has 1 aromatic heterocycles. The van der Waals surface area contributed by atoms with Crippen LogP contribution in [0.3, 0.4) is 0 Å². The number of allylic oxidation sites excluding steroid dienone is 1. The van der Waals surface area contributed by atoms with Crippen molar-refractivity contribution in [3.63, 3.8) is 0 Å². The van der Waals surface area contributed by atoms with Gasteiger partial charge in [-0.3, -0.25) is 4.79 Å². The molecule has 0 N–H and O–H groups in total. The fourth-order valence-corrected chi connectivity index (χ4v) is 2.08. The SMILES string of the molecule is C=CCc1c(OC)ccc2ccc(=O)n(C)c12. The highest BCUT2D eigenvalue weighted by Crippen LogP contribution is 2.27. The average molecular weight is 229 g/mol. The Hall–Kier alpha value is -2.03. The van der Waals surface area contributed by atoms with Gasteiger partial charge in [-0.25, -0.2) is 0 Å². The Kier molecular flexibility index (Phi) is 3.00. The van der Waals surface area contributed by atoms with Crippen molar-refractivity contribution in [2.75, 3.05) is 7.11 Å². The molecule has 2 aromatic rings. The third-order valence-electron chi connectivity index (χ3n) is 2.91. The van der Waals surface area contributed by atoms with Gasteiger partial charge in [0.2, 0.25) is 0 Å². The summed E-state index contributed by atoms with van der Waals surface area (Å²) in [6.45, 7) is 3.75. The monoisotopic (exact) mass is 229 g/mol. The van der Waals surface area contributed by atoms with Gasteiger partial charge < -0.3 is 9.30 Å². The molecule has 0 spiro atoms. The van der Waals surface area contributed by atoms with E-state index in [1.807, 2.05) is 24.3 Å². The molecular formula is C14H15NO2. The first-order valence-corrected chi connectivity index (χ1v) is 5.45. The van der Waals surface area contributed by atoms with Gasteiger partial charge in [0, 0.05) is 18.7 Å². The molecule has 0 amide bonds. The molecule has 0 aliphatic carbocycles. The van der Waals surface area contributed by atoms with Crippen LogP contribution in [0.4, 0.5) is 0 Å². The van der Waals surface area contributed by atoms with Crippen molar-refractivity contribution in [2.45, 2.75) is 6.42 Å². The van der Waals surface area contributed by atoms with Crippen LogP contribution in [0.1, 0.15) is 5.56 Å². The Morgan fingerprint density at radius 1 is 1.35 bits per heavy atom. The number of ether oxygens (including phenoxy) is 1. The molecule has 0 bridgehead atoms. The first kappa shape index (κ1) is 11.5. The first-order chi connectivity index (χ1) is 8.19. The lowest BCUT2D eigenvalue weighted by molar-refractivity contribution is 0.411. The van der Waals surface area contributed by atoms with Crippen molar-refractivity contribution in [3.05, 3.63) is 52.8 Å². The molecule has 0 atom stereocenters. The Labute approximate surface area is 100.0 Å². The second-order valence-corrected chi connectivity index (χ2v) is 3.91. The van der Waals surface area contributed by atoms with E-state index >= 15 is 0 Å². The maximum Gasteiger partial charge on any atom is 0.250 e. The standard InChI is InChI=1S/C14H15NO2/c1-4-5-11-12(17-3)8-6-10-7-9-13(16)15(2)14(10)11/h4,6-9H,1,5H2,2-3H3. The van der Waals surface area contributed by atoms with Gasteiger partial charge in [-0.2, -0.15) is 0 Å². The highest BCUT2D eigenvalue weighted by atomic mass is 16.5. The normalized spacial score (nSPS) is 10.5. The molecular weight excluding hydrogens is 214 g/mol. The van der Waals surface area contributed by atoms with E-state index in [0.29, 0.717) is 6.42 Å². The van der Waals surface area contributed by atoms with Gasteiger partial charge >= 0.3 is 0 Å². The smallest absolute Gasteiger partial charge is 0.250 e. The highest BCUT2D eigenvalue weighted by Gasteiger charge is 2.09. The molecule has 0 radical (unpaired) electrons. The minimum atomic E-state index is -0.0175. The molecule has 0 fully saturated rings. The summed E-state index contributed by atoms with van der Waals surface area (Å²) in [4.78, 5) is 11.7. The van der Waals surface area contributed by atoms with Crippen molar-refractivity contribution in [2.24, 2.45) is 7.05 Å². The molecule has 0 aliphatic rings. The van der Waals surface area contributed by atoms with E-state index in [2.05, 4.69) is 6.58 Å². The number of aryl methyl sites for hydroxylation is 1. The van der Waals surface area contributed by atoms with Gasteiger partial charge in [0.1, 0.15) is 5.75 Å². The van der Waals surface area contributed by atoms with Crippen LogP contribution in [0.5, 0.6) is 5.75 Å². The molecule has 0 unspecified atom stereocenters. The average Bonchev–Trinajstić information content (AvgIpc) is 2.34. The quantitative estimate of drug-likeness (QED) is 0.756. The van der Waals surface area contributed by atoms with Crippen molar-refractivity contribution in [1.82, 2.24) is 4.57 Å². The van der Waals surface area contributed by atoms with E-state index in [4.69, 9.17) is 4.74 Å². The van der Waals surface area contributed by atoms with Gasteiger partial charge in [0.05, 0.1) is 12.6 Å². The fraction of sp³-hybridized carbons (Fsp3) is 0.214. The number of methoxy groups -OCH3 is 1. The largest absolute Gasteiger partial charge is 0.496 e. The lowest BCUT2D eigenvalue weighted by atomic mass is 10.1. The lowest BCUT2D eigenvalue weighted by Crippen LogP contribution is -2.16. The summed E-state index contributed by atoms with van der Waals surface area (Å²) in [6, 6.07) is 7.29. The number of benzene rings is 1. The maximum absolute atomic E-state index is 11.7. The molecule has 0 saturated heterocycles. The van der Waals surface area contributed by atoms with Crippen LogP contribution in [-0.4, -0.2) is 11.7 Å². The summed E-state index contributed by atoms with van der Waals surface area (Å²) in [5.74, 6) is 0.790. The summed E-state index contributed by atoms with van der Waals surface area (Å²) in [6.07, 6.45) is 2.49. The molecule has 3 nitrogen and oxygen atoms in total. The van der Waals surface area contributed by atoms with E-state index in [-0.39, 0.29) is 5.56 Å². The number of fused-ring (bicyclic) bond motifs is 1. The zero-order valence-corrected chi connectivity index (χ0v) is 10.1. The summed E-state index contributed by atoms with van der Waals surface area (Å²) in [5, 5.41) is 1.03. The van der Waals surface area contributed by atoms with E-state index < -0.39 is 0 Å². The second kappa shape index (κ2) is 4.45. The summed E-state index contributed by atoms with van der Waals surface area (Å²) < 4.78 is 6.99. The van der Waals surface area contributed by atoms with E-state index in [9.17, 15) is 4.79 Å². The number of nitrogens with zero attached hydrogens (tertiary/aromatic N) is 1. The lowest BCUT2D eigenvalue weighted by Gasteiger charge is -2.13. The Morgan fingerprint density at radius 2 is 2.06 bits per heavy atom. The number of hydrogen-bond donors (Lipinski definition) is 0. The summed E-state index contributed by atoms with van der Waals surface area (Å²) >= 11 is 0. The van der Waals surface area contributed by atoms with Crippen molar-refractivity contribution in [3.8, 4) is 5.75 Å². The molecule has 0 saturated carbocycles. The van der Waals surface area contributed by atoms with Crippen LogP contribution < -0.4 is 10.3 Å².